The van der Waals surface area contributed by atoms with Gasteiger partial charge in [0.15, 0.2) is 11.6 Å². The Morgan fingerprint density at radius 3 is 2.89 bits per heavy atom. The van der Waals surface area contributed by atoms with Crippen LogP contribution in [0, 0.1) is 12.3 Å². The second-order valence-electron chi connectivity index (χ2n) is 5.37. The number of pyridine rings is 1. The van der Waals surface area contributed by atoms with Crippen LogP contribution >= 0.6 is 0 Å². The summed E-state index contributed by atoms with van der Waals surface area (Å²) >= 11 is 0. The van der Waals surface area contributed by atoms with Crippen LogP contribution in [0.15, 0.2) is 6.07 Å². The quantitative estimate of drug-likeness (QED) is 0.853. The molecule has 0 saturated carbocycles. The molecule has 5 nitrogen and oxygen atoms in total. The zero-order valence-electron chi connectivity index (χ0n) is 10.9. The first-order valence-electron chi connectivity index (χ1n) is 6.27. The lowest BCUT2D eigenvalue weighted by atomic mass is 9.79. The minimum absolute atomic E-state index is 0.338. The molecule has 3 heterocycles. The Hall–Kier alpha value is -1.49. The molecule has 0 aliphatic carbocycles. The van der Waals surface area contributed by atoms with Crippen LogP contribution in [0.4, 0.5) is 11.5 Å². The molecule has 0 unspecified atom stereocenters. The van der Waals surface area contributed by atoms with Crippen molar-refractivity contribution in [1.82, 2.24) is 4.98 Å². The second kappa shape index (κ2) is 4.02. The number of anilines is 2. The van der Waals surface area contributed by atoms with Crippen molar-refractivity contribution in [3.05, 3.63) is 11.8 Å². The van der Waals surface area contributed by atoms with Gasteiger partial charge in [0.25, 0.3) is 0 Å². The molecule has 2 aliphatic heterocycles. The highest BCUT2D eigenvalue weighted by Gasteiger charge is 2.47. The van der Waals surface area contributed by atoms with Crippen LogP contribution in [-0.4, -0.2) is 38.4 Å². The summed E-state index contributed by atoms with van der Waals surface area (Å²) in [5, 5.41) is 0. The third kappa shape index (κ3) is 1.70. The summed E-state index contributed by atoms with van der Waals surface area (Å²) in [4.78, 5) is 6.79. The van der Waals surface area contributed by atoms with Crippen molar-refractivity contribution in [3.63, 3.8) is 0 Å². The summed E-state index contributed by atoms with van der Waals surface area (Å²) in [5.74, 6) is 1.56. The molecule has 18 heavy (non-hydrogen) atoms. The lowest BCUT2D eigenvalue weighted by molar-refractivity contribution is 0.130. The molecular formula is C13H19N3O2. The Kier molecular flexibility index (Phi) is 2.59. The lowest BCUT2D eigenvalue weighted by Crippen LogP contribution is -2.57. The average molecular weight is 249 g/mol. The molecule has 1 aromatic heterocycles. The Balaban J connectivity index is 1.85. The van der Waals surface area contributed by atoms with Crippen LogP contribution in [-0.2, 0) is 4.74 Å². The van der Waals surface area contributed by atoms with Crippen LogP contribution in [0.5, 0.6) is 5.75 Å². The molecule has 3 rings (SSSR count). The third-order valence-electron chi connectivity index (χ3n) is 3.85. The van der Waals surface area contributed by atoms with Crippen molar-refractivity contribution in [1.29, 1.82) is 0 Å². The molecular weight excluding hydrogens is 230 g/mol. The summed E-state index contributed by atoms with van der Waals surface area (Å²) in [6, 6.07) is 1.84. The Morgan fingerprint density at radius 1 is 1.50 bits per heavy atom. The first-order valence-corrected chi connectivity index (χ1v) is 6.27. The van der Waals surface area contributed by atoms with Gasteiger partial charge in [-0.1, -0.05) is 0 Å². The SMILES string of the molecule is COc1c(N)cc(C)nc1N1CC2(CCOC2)C1. The van der Waals surface area contributed by atoms with E-state index < -0.39 is 0 Å². The number of nitrogens with zero attached hydrogens (tertiary/aromatic N) is 2. The largest absolute Gasteiger partial charge is 0.491 e. The highest BCUT2D eigenvalue weighted by molar-refractivity contribution is 5.68. The van der Waals surface area contributed by atoms with Crippen molar-refractivity contribution < 1.29 is 9.47 Å². The summed E-state index contributed by atoms with van der Waals surface area (Å²) in [7, 11) is 1.64. The van der Waals surface area contributed by atoms with Gasteiger partial charge in [0.1, 0.15) is 0 Å². The van der Waals surface area contributed by atoms with Crippen molar-refractivity contribution in [2.45, 2.75) is 13.3 Å². The van der Waals surface area contributed by atoms with Gasteiger partial charge in [-0.3, -0.25) is 0 Å². The monoisotopic (exact) mass is 249 g/mol. The van der Waals surface area contributed by atoms with E-state index in [1.54, 1.807) is 7.11 Å². The highest BCUT2D eigenvalue weighted by Crippen LogP contribution is 2.44. The average Bonchev–Trinajstić information content (AvgIpc) is 2.75. The summed E-state index contributed by atoms with van der Waals surface area (Å²) in [5.41, 5.74) is 7.90. The molecule has 0 amide bonds. The minimum atomic E-state index is 0.338. The van der Waals surface area contributed by atoms with Crippen molar-refractivity contribution in [2.24, 2.45) is 5.41 Å². The number of methoxy groups -OCH3 is 1. The zero-order valence-corrected chi connectivity index (χ0v) is 10.9. The van der Waals surface area contributed by atoms with E-state index in [-0.39, 0.29) is 0 Å². The molecule has 2 aliphatic rings. The third-order valence-corrected chi connectivity index (χ3v) is 3.85. The number of rotatable bonds is 2. The fourth-order valence-corrected chi connectivity index (χ4v) is 2.91. The molecule has 5 heteroatoms. The number of aromatic nitrogens is 1. The van der Waals surface area contributed by atoms with Crippen LogP contribution < -0.4 is 15.4 Å². The maximum atomic E-state index is 5.98. The Labute approximate surface area is 107 Å². The van der Waals surface area contributed by atoms with E-state index in [1.165, 1.54) is 0 Å². The maximum Gasteiger partial charge on any atom is 0.184 e. The molecule has 0 bridgehead atoms. The first kappa shape index (κ1) is 11.6. The maximum absolute atomic E-state index is 5.98. The van der Waals surface area contributed by atoms with E-state index in [1.807, 2.05) is 13.0 Å². The van der Waals surface area contributed by atoms with Crippen molar-refractivity contribution >= 4 is 11.5 Å². The zero-order chi connectivity index (χ0) is 12.8. The standard InChI is InChI=1S/C13H19N3O2/c1-9-5-10(14)11(17-2)12(15-9)16-6-13(7-16)3-4-18-8-13/h5H,3-4,6-8H2,1-2H3,(H2,14,15). The fraction of sp³-hybridized carbons (Fsp3) is 0.615. The van der Waals surface area contributed by atoms with Gasteiger partial charge >= 0.3 is 0 Å². The number of hydrogen-bond acceptors (Lipinski definition) is 5. The van der Waals surface area contributed by atoms with E-state index >= 15 is 0 Å². The van der Waals surface area contributed by atoms with Gasteiger partial charge in [0, 0.05) is 30.8 Å². The first-order chi connectivity index (χ1) is 8.63. The fourth-order valence-electron chi connectivity index (χ4n) is 2.91. The van der Waals surface area contributed by atoms with E-state index in [9.17, 15) is 0 Å². The summed E-state index contributed by atoms with van der Waals surface area (Å²) in [6.45, 7) is 5.67. The van der Waals surface area contributed by atoms with Gasteiger partial charge in [0.2, 0.25) is 0 Å². The number of nitrogens with two attached hydrogens (primary N) is 1. The topological polar surface area (TPSA) is 60.6 Å². The normalized spacial score (nSPS) is 21.1. The van der Waals surface area contributed by atoms with Gasteiger partial charge in [0.05, 0.1) is 19.4 Å². The molecule has 98 valence electrons. The number of ether oxygens (including phenoxy) is 2. The van der Waals surface area contributed by atoms with Gasteiger partial charge in [-0.05, 0) is 19.4 Å². The van der Waals surface area contributed by atoms with Crippen molar-refractivity contribution in [2.75, 3.05) is 44.0 Å². The van der Waals surface area contributed by atoms with E-state index in [4.69, 9.17) is 15.2 Å². The highest BCUT2D eigenvalue weighted by atomic mass is 16.5. The molecule has 1 spiro atoms. The van der Waals surface area contributed by atoms with Crippen LogP contribution in [0.2, 0.25) is 0 Å². The van der Waals surface area contributed by atoms with Gasteiger partial charge in [-0.2, -0.15) is 0 Å². The second-order valence-corrected chi connectivity index (χ2v) is 5.37. The van der Waals surface area contributed by atoms with E-state index in [0.717, 1.165) is 44.2 Å². The Bertz CT molecular complexity index is 462. The predicted molar refractivity (Wildman–Crippen MR) is 70.0 cm³/mol. The molecule has 2 saturated heterocycles. The smallest absolute Gasteiger partial charge is 0.184 e. The molecule has 1 aromatic rings. The van der Waals surface area contributed by atoms with Gasteiger partial charge < -0.3 is 20.1 Å². The molecule has 0 aromatic carbocycles. The summed E-state index contributed by atoms with van der Waals surface area (Å²) in [6.07, 6.45) is 1.15. The number of aryl methyl sites for hydroxylation is 1. The van der Waals surface area contributed by atoms with Crippen LogP contribution in [0.1, 0.15) is 12.1 Å². The van der Waals surface area contributed by atoms with Crippen LogP contribution in [0.25, 0.3) is 0 Å². The summed E-state index contributed by atoms with van der Waals surface area (Å²) < 4.78 is 10.9. The molecule has 0 atom stereocenters. The predicted octanol–water partition coefficient (Wildman–Crippen LogP) is 1.21. The van der Waals surface area contributed by atoms with E-state index in [2.05, 4.69) is 9.88 Å². The minimum Gasteiger partial charge on any atom is -0.491 e. The molecule has 2 N–H and O–H groups in total. The van der Waals surface area contributed by atoms with E-state index in [0.29, 0.717) is 16.9 Å². The van der Waals surface area contributed by atoms with Gasteiger partial charge in [-0.25, -0.2) is 4.98 Å². The van der Waals surface area contributed by atoms with Crippen LogP contribution in [0.3, 0.4) is 0 Å². The number of nitrogen functional groups attached to an aromatic ring is 1. The Morgan fingerprint density at radius 2 is 2.28 bits per heavy atom. The van der Waals surface area contributed by atoms with Gasteiger partial charge in [-0.15, -0.1) is 0 Å². The lowest BCUT2D eigenvalue weighted by Gasteiger charge is -2.48. The molecule has 0 radical (unpaired) electrons. The molecule has 2 fully saturated rings. The number of hydrogen-bond donors (Lipinski definition) is 1. The van der Waals surface area contributed by atoms with Crippen molar-refractivity contribution in [3.8, 4) is 5.75 Å².